The molecule has 4 nitrogen and oxygen atoms in total. The van der Waals surface area contributed by atoms with E-state index in [9.17, 15) is 0 Å². The maximum atomic E-state index is 4.10. The van der Waals surface area contributed by atoms with Crippen molar-refractivity contribution in [3.8, 4) is 0 Å². The third-order valence-corrected chi connectivity index (χ3v) is 3.38. The largest absolute Gasteiger partial charge is 0.315 e. The second kappa shape index (κ2) is 7.17. The fourth-order valence-corrected chi connectivity index (χ4v) is 2.28. The molecule has 0 saturated heterocycles. The molecule has 0 amide bonds. The van der Waals surface area contributed by atoms with Gasteiger partial charge in [0.05, 0.1) is 0 Å². The highest BCUT2D eigenvalue weighted by molar-refractivity contribution is 8.00. The van der Waals surface area contributed by atoms with Gasteiger partial charge in [-0.25, -0.2) is 4.98 Å². The van der Waals surface area contributed by atoms with Gasteiger partial charge in [0.1, 0.15) is 6.33 Å². The van der Waals surface area contributed by atoms with Crippen molar-refractivity contribution in [1.82, 2.24) is 19.6 Å². The minimum absolute atomic E-state index is 1.03. The zero-order chi connectivity index (χ0) is 10.2. The molecule has 0 aliphatic rings. The van der Waals surface area contributed by atoms with Gasteiger partial charge >= 0.3 is 0 Å². The summed E-state index contributed by atoms with van der Waals surface area (Å²) in [5, 5.41) is 3.37. The highest BCUT2D eigenvalue weighted by Crippen LogP contribution is 2.16. The highest BCUT2D eigenvalue weighted by Gasteiger charge is 1.96. The van der Waals surface area contributed by atoms with Gasteiger partial charge in [0, 0.05) is 25.4 Å². The molecule has 0 unspecified atom stereocenters. The summed E-state index contributed by atoms with van der Waals surface area (Å²) in [6.07, 6.45) is 1.60. The number of rotatable bonds is 7. The van der Waals surface area contributed by atoms with Crippen LogP contribution in [-0.4, -0.2) is 53.7 Å². The standard InChI is InChI=1S/C8H16N4S2/c1-12(2)5-3-9-4-6-13-8-10-7-11-14-8/h7,9H,3-6H2,1-2H3. The van der Waals surface area contributed by atoms with Crippen molar-refractivity contribution in [3.63, 3.8) is 0 Å². The predicted octanol–water partition coefficient (Wildman–Crippen LogP) is 0.781. The Kier molecular flexibility index (Phi) is 6.09. The molecular weight excluding hydrogens is 216 g/mol. The van der Waals surface area contributed by atoms with Crippen LogP contribution in [0.5, 0.6) is 0 Å². The van der Waals surface area contributed by atoms with Crippen LogP contribution < -0.4 is 5.32 Å². The summed E-state index contributed by atoms with van der Waals surface area (Å²) in [6, 6.07) is 0. The van der Waals surface area contributed by atoms with Crippen LogP contribution in [0.3, 0.4) is 0 Å². The van der Waals surface area contributed by atoms with E-state index < -0.39 is 0 Å². The molecule has 0 radical (unpaired) electrons. The van der Waals surface area contributed by atoms with Crippen molar-refractivity contribution >= 4 is 23.3 Å². The number of hydrogen-bond acceptors (Lipinski definition) is 6. The fraction of sp³-hybridized carbons (Fsp3) is 0.750. The molecule has 0 spiro atoms. The lowest BCUT2D eigenvalue weighted by molar-refractivity contribution is 0.403. The number of likely N-dealkylation sites (N-methyl/N-ethyl adjacent to an activating group) is 1. The average Bonchev–Trinajstić information content (AvgIpc) is 2.63. The van der Waals surface area contributed by atoms with Crippen molar-refractivity contribution in [2.24, 2.45) is 0 Å². The molecule has 0 aromatic carbocycles. The second-order valence-corrected chi connectivity index (χ2v) is 5.23. The Hall–Kier alpha value is -0.170. The molecule has 1 rings (SSSR count). The lowest BCUT2D eigenvalue weighted by Gasteiger charge is -2.09. The monoisotopic (exact) mass is 232 g/mol. The molecular formula is C8H16N4S2. The van der Waals surface area contributed by atoms with Gasteiger partial charge in [-0.15, -0.1) is 0 Å². The van der Waals surface area contributed by atoms with Gasteiger partial charge in [0.25, 0.3) is 0 Å². The lowest BCUT2D eigenvalue weighted by Crippen LogP contribution is -2.27. The maximum absolute atomic E-state index is 4.10. The third-order valence-electron chi connectivity index (χ3n) is 1.58. The van der Waals surface area contributed by atoms with E-state index in [0.29, 0.717) is 0 Å². The normalized spacial score (nSPS) is 11.1. The summed E-state index contributed by atoms with van der Waals surface area (Å²) in [5.41, 5.74) is 0. The maximum Gasteiger partial charge on any atom is 0.169 e. The molecule has 14 heavy (non-hydrogen) atoms. The van der Waals surface area contributed by atoms with Gasteiger partial charge < -0.3 is 10.2 Å². The highest BCUT2D eigenvalue weighted by atomic mass is 32.2. The zero-order valence-corrected chi connectivity index (χ0v) is 10.2. The first-order chi connectivity index (χ1) is 6.79. The van der Waals surface area contributed by atoms with Crippen LogP contribution in [0.1, 0.15) is 0 Å². The molecule has 80 valence electrons. The Morgan fingerprint density at radius 1 is 1.50 bits per heavy atom. The zero-order valence-electron chi connectivity index (χ0n) is 8.56. The van der Waals surface area contributed by atoms with Crippen molar-refractivity contribution in [2.75, 3.05) is 39.5 Å². The number of aromatic nitrogens is 2. The van der Waals surface area contributed by atoms with E-state index in [4.69, 9.17) is 0 Å². The smallest absolute Gasteiger partial charge is 0.169 e. The van der Waals surface area contributed by atoms with Crippen molar-refractivity contribution < 1.29 is 0 Å². The van der Waals surface area contributed by atoms with E-state index in [-0.39, 0.29) is 0 Å². The number of thioether (sulfide) groups is 1. The Bertz CT molecular complexity index is 225. The topological polar surface area (TPSA) is 41.0 Å². The van der Waals surface area contributed by atoms with E-state index in [1.54, 1.807) is 18.1 Å². The van der Waals surface area contributed by atoms with Crippen LogP contribution in [0, 0.1) is 0 Å². The SMILES string of the molecule is CN(C)CCNCCSc1ncns1. The Morgan fingerprint density at radius 3 is 3.00 bits per heavy atom. The summed E-state index contributed by atoms with van der Waals surface area (Å²) in [6.45, 7) is 3.16. The number of nitrogens with one attached hydrogen (secondary N) is 1. The summed E-state index contributed by atoms with van der Waals surface area (Å²) in [4.78, 5) is 6.27. The quantitative estimate of drug-likeness (QED) is 0.556. The number of nitrogens with zero attached hydrogens (tertiary/aromatic N) is 3. The van der Waals surface area contributed by atoms with Crippen LogP contribution in [0.2, 0.25) is 0 Å². The molecule has 1 N–H and O–H groups in total. The molecule has 1 aromatic rings. The summed E-state index contributed by atoms with van der Waals surface area (Å²) in [7, 11) is 4.16. The van der Waals surface area contributed by atoms with Gasteiger partial charge in [-0.3, -0.25) is 0 Å². The molecule has 1 aromatic heterocycles. The van der Waals surface area contributed by atoms with E-state index in [0.717, 1.165) is 29.7 Å². The van der Waals surface area contributed by atoms with Crippen LogP contribution in [0.15, 0.2) is 10.7 Å². The molecule has 0 fully saturated rings. The van der Waals surface area contributed by atoms with Gasteiger partial charge in [0.2, 0.25) is 0 Å². The Labute approximate surface area is 93.3 Å². The summed E-state index contributed by atoms with van der Waals surface area (Å²) in [5.74, 6) is 1.06. The van der Waals surface area contributed by atoms with Crippen molar-refractivity contribution in [2.45, 2.75) is 4.34 Å². The van der Waals surface area contributed by atoms with Crippen molar-refractivity contribution in [3.05, 3.63) is 6.33 Å². The van der Waals surface area contributed by atoms with Crippen LogP contribution >= 0.6 is 23.3 Å². The Morgan fingerprint density at radius 2 is 2.36 bits per heavy atom. The number of hydrogen-bond donors (Lipinski definition) is 1. The molecule has 0 aliphatic carbocycles. The van der Waals surface area contributed by atoms with Crippen LogP contribution in [-0.2, 0) is 0 Å². The first-order valence-electron chi connectivity index (χ1n) is 4.54. The minimum Gasteiger partial charge on any atom is -0.315 e. The summed E-state index contributed by atoms with van der Waals surface area (Å²) >= 11 is 3.21. The van der Waals surface area contributed by atoms with E-state index >= 15 is 0 Å². The molecule has 0 saturated carbocycles. The van der Waals surface area contributed by atoms with Crippen molar-refractivity contribution in [1.29, 1.82) is 0 Å². The first-order valence-corrected chi connectivity index (χ1v) is 6.30. The molecule has 0 atom stereocenters. The molecule has 1 heterocycles. The third kappa shape index (κ3) is 5.54. The van der Waals surface area contributed by atoms with Crippen LogP contribution in [0.25, 0.3) is 0 Å². The summed E-state index contributed by atoms with van der Waals surface area (Å²) < 4.78 is 5.00. The minimum atomic E-state index is 1.03. The van der Waals surface area contributed by atoms with Gasteiger partial charge in [-0.05, 0) is 25.6 Å². The van der Waals surface area contributed by atoms with Crippen LogP contribution in [0.4, 0.5) is 0 Å². The van der Waals surface area contributed by atoms with E-state index in [1.807, 2.05) is 0 Å². The van der Waals surface area contributed by atoms with Gasteiger partial charge in [-0.2, -0.15) is 4.37 Å². The van der Waals surface area contributed by atoms with E-state index in [1.165, 1.54) is 11.5 Å². The van der Waals surface area contributed by atoms with E-state index in [2.05, 4.69) is 33.7 Å². The predicted molar refractivity (Wildman–Crippen MR) is 62.1 cm³/mol. The average molecular weight is 232 g/mol. The first kappa shape index (κ1) is 11.9. The lowest BCUT2D eigenvalue weighted by atomic mass is 10.5. The molecule has 0 aliphatic heterocycles. The van der Waals surface area contributed by atoms with Gasteiger partial charge in [0.15, 0.2) is 4.34 Å². The fourth-order valence-electron chi connectivity index (χ4n) is 0.865. The second-order valence-electron chi connectivity index (χ2n) is 3.11. The van der Waals surface area contributed by atoms with Gasteiger partial charge in [-0.1, -0.05) is 11.8 Å². The molecule has 6 heteroatoms. The molecule has 0 bridgehead atoms. The Balaban J connectivity index is 1.90.